The van der Waals surface area contributed by atoms with E-state index in [0.717, 1.165) is 10.9 Å². The molecule has 0 fully saturated rings. The van der Waals surface area contributed by atoms with Gasteiger partial charge in [0, 0.05) is 16.5 Å². The molecule has 2 amide bonds. The number of nitrogens with one attached hydrogen (secondary N) is 2. The first-order valence-electron chi connectivity index (χ1n) is 8.95. The molecule has 7 nitrogen and oxygen atoms in total. The van der Waals surface area contributed by atoms with Crippen molar-refractivity contribution in [2.45, 2.75) is 6.92 Å². The van der Waals surface area contributed by atoms with Crippen molar-refractivity contribution in [1.29, 1.82) is 0 Å². The molecule has 3 rings (SSSR count). The van der Waals surface area contributed by atoms with Gasteiger partial charge in [0.1, 0.15) is 10.9 Å². The third-order valence-corrected chi connectivity index (χ3v) is 4.24. The Morgan fingerprint density at radius 2 is 1.93 bits per heavy atom. The Hall–Kier alpha value is -3.45. The minimum atomic E-state index is -0.467. The molecule has 3 aromatic rings. The lowest BCUT2D eigenvalue weighted by molar-refractivity contribution is -0.120. The molecule has 29 heavy (non-hydrogen) atoms. The van der Waals surface area contributed by atoms with E-state index in [9.17, 15) is 9.59 Å². The molecule has 0 unspecified atom stereocenters. The monoisotopic (exact) mass is 410 g/mol. The van der Waals surface area contributed by atoms with E-state index in [1.165, 1.54) is 6.21 Å². The van der Waals surface area contributed by atoms with Gasteiger partial charge in [-0.1, -0.05) is 29.8 Å². The van der Waals surface area contributed by atoms with Gasteiger partial charge in [-0.25, -0.2) is 10.4 Å². The maximum Gasteiger partial charge on any atom is 0.259 e. The SMILES string of the molecule is CCOc1ccc(C(=O)NCC(=O)N/N=C/c2cc3ccccc3nc2Cl)cc1. The van der Waals surface area contributed by atoms with Gasteiger partial charge in [0.25, 0.3) is 11.8 Å². The molecule has 0 aliphatic carbocycles. The number of carbonyl (C=O) groups excluding carboxylic acids is 2. The van der Waals surface area contributed by atoms with Crippen molar-refractivity contribution >= 4 is 40.5 Å². The molecule has 8 heteroatoms. The highest BCUT2D eigenvalue weighted by Crippen LogP contribution is 2.18. The first-order chi connectivity index (χ1) is 14.1. The van der Waals surface area contributed by atoms with Crippen LogP contribution in [0.1, 0.15) is 22.8 Å². The first kappa shape index (κ1) is 20.3. The molecule has 0 radical (unpaired) electrons. The van der Waals surface area contributed by atoms with Crippen molar-refractivity contribution in [3.63, 3.8) is 0 Å². The van der Waals surface area contributed by atoms with E-state index < -0.39 is 5.91 Å². The molecular weight excluding hydrogens is 392 g/mol. The smallest absolute Gasteiger partial charge is 0.259 e. The number of fused-ring (bicyclic) bond motifs is 1. The number of hydrogen-bond acceptors (Lipinski definition) is 5. The van der Waals surface area contributed by atoms with E-state index in [1.807, 2.05) is 37.3 Å². The normalized spacial score (nSPS) is 10.8. The number of ether oxygens (including phenoxy) is 1. The molecule has 148 valence electrons. The average molecular weight is 411 g/mol. The predicted octanol–water partition coefficient (Wildman–Crippen LogP) is 3.17. The van der Waals surface area contributed by atoms with Crippen LogP contribution in [0.2, 0.25) is 5.15 Å². The Morgan fingerprint density at radius 3 is 2.69 bits per heavy atom. The summed E-state index contributed by atoms with van der Waals surface area (Å²) < 4.78 is 5.33. The van der Waals surface area contributed by atoms with Crippen molar-refractivity contribution in [3.8, 4) is 5.75 Å². The van der Waals surface area contributed by atoms with E-state index in [2.05, 4.69) is 20.8 Å². The number of hydrazone groups is 1. The van der Waals surface area contributed by atoms with Gasteiger partial charge in [-0.05, 0) is 43.3 Å². The second-order valence-electron chi connectivity index (χ2n) is 5.99. The number of pyridine rings is 1. The largest absolute Gasteiger partial charge is 0.494 e. The van der Waals surface area contributed by atoms with Crippen LogP contribution in [0.3, 0.4) is 0 Å². The van der Waals surface area contributed by atoms with Crippen molar-refractivity contribution in [2.75, 3.05) is 13.2 Å². The number of amides is 2. The molecule has 0 aliphatic rings. The lowest BCUT2D eigenvalue weighted by atomic mass is 10.2. The van der Waals surface area contributed by atoms with Crippen molar-refractivity contribution < 1.29 is 14.3 Å². The zero-order valence-corrected chi connectivity index (χ0v) is 16.4. The number of hydrogen-bond donors (Lipinski definition) is 2. The molecular formula is C21H19ClN4O3. The van der Waals surface area contributed by atoms with Gasteiger partial charge in [-0.3, -0.25) is 9.59 Å². The fraction of sp³-hybridized carbons (Fsp3) is 0.143. The Bertz CT molecular complexity index is 1050. The number of para-hydroxylation sites is 1. The van der Waals surface area contributed by atoms with Crippen LogP contribution in [0.15, 0.2) is 59.7 Å². The fourth-order valence-electron chi connectivity index (χ4n) is 2.54. The minimum absolute atomic E-state index is 0.215. The molecule has 2 N–H and O–H groups in total. The standard InChI is InChI=1S/C21H19ClN4O3/c1-2-29-17-9-7-14(8-10-17)21(28)23-13-19(27)26-24-12-16-11-15-5-3-4-6-18(15)25-20(16)22/h3-12H,2,13H2,1H3,(H,23,28)(H,26,27)/b24-12+. The third kappa shape index (κ3) is 5.52. The highest BCUT2D eigenvalue weighted by molar-refractivity contribution is 6.32. The van der Waals surface area contributed by atoms with Gasteiger partial charge < -0.3 is 10.1 Å². The second-order valence-corrected chi connectivity index (χ2v) is 6.35. The average Bonchev–Trinajstić information content (AvgIpc) is 2.73. The summed E-state index contributed by atoms with van der Waals surface area (Å²) in [5, 5.41) is 7.60. The number of carbonyl (C=O) groups is 2. The van der Waals surface area contributed by atoms with Crippen LogP contribution in [0.5, 0.6) is 5.75 Å². The van der Waals surface area contributed by atoms with Crippen LogP contribution >= 0.6 is 11.6 Å². The summed E-state index contributed by atoms with van der Waals surface area (Å²) in [6.45, 7) is 2.21. The predicted molar refractivity (Wildman–Crippen MR) is 112 cm³/mol. The molecule has 2 aromatic carbocycles. The van der Waals surface area contributed by atoms with E-state index in [4.69, 9.17) is 16.3 Å². The van der Waals surface area contributed by atoms with Crippen molar-refractivity contribution in [2.24, 2.45) is 5.10 Å². The summed E-state index contributed by atoms with van der Waals surface area (Å²) in [6.07, 6.45) is 1.41. The van der Waals surface area contributed by atoms with Gasteiger partial charge >= 0.3 is 0 Å². The number of aromatic nitrogens is 1. The number of halogens is 1. The van der Waals surface area contributed by atoms with Crippen LogP contribution < -0.4 is 15.5 Å². The molecule has 0 bridgehead atoms. The maximum atomic E-state index is 12.1. The maximum absolute atomic E-state index is 12.1. The van der Waals surface area contributed by atoms with Crippen molar-refractivity contribution in [1.82, 2.24) is 15.7 Å². The lowest BCUT2D eigenvalue weighted by Crippen LogP contribution is -2.34. The van der Waals surface area contributed by atoms with Crippen LogP contribution in [0.25, 0.3) is 10.9 Å². The van der Waals surface area contributed by atoms with Gasteiger partial charge in [0.2, 0.25) is 0 Å². The highest BCUT2D eigenvalue weighted by Gasteiger charge is 2.08. The Balaban J connectivity index is 1.52. The summed E-state index contributed by atoms with van der Waals surface area (Å²) in [6, 6.07) is 16.0. The summed E-state index contributed by atoms with van der Waals surface area (Å²) in [5.41, 5.74) is 4.12. The molecule has 0 aliphatic heterocycles. The summed E-state index contributed by atoms with van der Waals surface area (Å²) in [4.78, 5) is 28.3. The highest BCUT2D eigenvalue weighted by atomic mass is 35.5. The number of nitrogens with zero attached hydrogens (tertiary/aromatic N) is 2. The zero-order valence-electron chi connectivity index (χ0n) is 15.7. The van der Waals surface area contributed by atoms with Gasteiger partial charge in [0.15, 0.2) is 0 Å². The van der Waals surface area contributed by atoms with Gasteiger partial charge in [-0.2, -0.15) is 5.10 Å². The molecule has 1 heterocycles. The molecule has 1 aromatic heterocycles. The van der Waals surface area contributed by atoms with Crippen LogP contribution in [0, 0.1) is 0 Å². The Morgan fingerprint density at radius 1 is 1.17 bits per heavy atom. The summed E-state index contributed by atoms with van der Waals surface area (Å²) >= 11 is 6.14. The number of rotatable bonds is 7. The van der Waals surface area contributed by atoms with Crippen molar-refractivity contribution in [3.05, 3.63) is 70.9 Å². The van der Waals surface area contributed by atoms with E-state index in [0.29, 0.717) is 23.5 Å². The number of benzene rings is 2. The fourth-order valence-corrected chi connectivity index (χ4v) is 2.74. The first-order valence-corrected chi connectivity index (χ1v) is 9.33. The summed E-state index contributed by atoms with van der Waals surface area (Å²) in [7, 11) is 0. The quantitative estimate of drug-likeness (QED) is 0.355. The zero-order chi connectivity index (χ0) is 20.6. The molecule has 0 saturated carbocycles. The van der Waals surface area contributed by atoms with E-state index in [-0.39, 0.29) is 17.6 Å². The minimum Gasteiger partial charge on any atom is -0.494 e. The van der Waals surface area contributed by atoms with E-state index >= 15 is 0 Å². The van der Waals surface area contributed by atoms with E-state index in [1.54, 1.807) is 24.3 Å². The topological polar surface area (TPSA) is 92.7 Å². The third-order valence-electron chi connectivity index (χ3n) is 3.93. The summed E-state index contributed by atoms with van der Waals surface area (Å²) in [5.74, 6) is -0.155. The lowest BCUT2D eigenvalue weighted by Gasteiger charge is -2.06. The molecule has 0 saturated heterocycles. The second kappa shape index (κ2) is 9.66. The van der Waals surface area contributed by atoms with Gasteiger partial charge in [-0.15, -0.1) is 0 Å². The molecule has 0 atom stereocenters. The van der Waals surface area contributed by atoms with Crippen LogP contribution in [-0.4, -0.2) is 36.2 Å². The van der Waals surface area contributed by atoms with Crippen LogP contribution in [-0.2, 0) is 4.79 Å². The van der Waals surface area contributed by atoms with Crippen LogP contribution in [0.4, 0.5) is 0 Å². The Kier molecular flexibility index (Phi) is 6.76. The Labute approximate surface area is 172 Å². The molecule has 0 spiro atoms. The van der Waals surface area contributed by atoms with Gasteiger partial charge in [0.05, 0.1) is 24.9 Å².